The molecular formula is C31H37N3O4. The van der Waals surface area contributed by atoms with Gasteiger partial charge in [-0.3, -0.25) is 4.79 Å². The van der Waals surface area contributed by atoms with Crippen LogP contribution >= 0.6 is 0 Å². The molecule has 4 rings (SSSR count). The third-order valence-corrected chi connectivity index (χ3v) is 6.84. The van der Waals surface area contributed by atoms with Crippen molar-refractivity contribution in [2.45, 2.75) is 39.2 Å². The summed E-state index contributed by atoms with van der Waals surface area (Å²) < 4.78 is 11.6. The van der Waals surface area contributed by atoms with Gasteiger partial charge in [0.25, 0.3) is 0 Å². The summed E-state index contributed by atoms with van der Waals surface area (Å²) in [4.78, 5) is 29.2. The number of carbonyl (C=O) groups excluding carboxylic acids is 2. The molecule has 1 fully saturated rings. The molecule has 1 unspecified atom stereocenters. The Kier molecular flexibility index (Phi) is 9.76. The molecule has 0 saturated carbocycles. The Morgan fingerprint density at radius 1 is 0.921 bits per heavy atom. The van der Waals surface area contributed by atoms with Gasteiger partial charge in [-0.25, -0.2) is 4.79 Å². The summed E-state index contributed by atoms with van der Waals surface area (Å²) in [7, 11) is 0. The van der Waals surface area contributed by atoms with Gasteiger partial charge in [-0.15, -0.1) is 0 Å². The van der Waals surface area contributed by atoms with Gasteiger partial charge in [-0.1, -0.05) is 48.5 Å². The average Bonchev–Trinajstić information content (AvgIpc) is 2.95. The van der Waals surface area contributed by atoms with E-state index in [-0.39, 0.29) is 18.0 Å². The maximum absolute atomic E-state index is 13.3. The quantitative estimate of drug-likeness (QED) is 0.397. The molecule has 200 valence electrons. The van der Waals surface area contributed by atoms with E-state index in [2.05, 4.69) is 5.32 Å². The zero-order chi connectivity index (χ0) is 26.7. The maximum Gasteiger partial charge on any atom is 0.415 e. The number of carbonyl (C=O) groups is 2. The second kappa shape index (κ2) is 13.6. The van der Waals surface area contributed by atoms with Gasteiger partial charge in [0.1, 0.15) is 17.2 Å². The van der Waals surface area contributed by atoms with E-state index in [0.717, 1.165) is 42.1 Å². The van der Waals surface area contributed by atoms with Crippen molar-refractivity contribution < 1.29 is 19.1 Å². The molecule has 1 N–H and O–H groups in total. The summed E-state index contributed by atoms with van der Waals surface area (Å²) >= 11 is 0. The van der Waals surface area contributed by atoms with Crippen LogP contribution in [0, 0.1) is 0 Å². The Balaban J connectivity index is 1.35. The van der Waals surface area contributed by atoms with E-state index in [1.165, 1.54) is 0 Å². The second-order valence-corrected chi connectivity index (χ2v) is 9.36. The zero-order valence-corrected chi connectivity index (χ0v) is 22.3. The molecular weight excluding hydrogens is 478 g/mol. The molecule has 1 heterocycles. The number of hydrogen-bond acceptors (Lipinski definition) is 5. The molecule has 1 saturated heterocycles. The Hall–Kier alpha value is -3.84. The minimum atomic E-state index is -0.341. The van der Waals surface area contributed by atoms with Gasteiger partial charge in [0, 0.05) is 45.2 Å². The van der Waals surface area contributed by atoms with Crippen molar-refractivity contribution >= 4 is 12.0 Å². The lowest BCUT2D eigenvalue weighted by atomic mass is 10.0. The third kappa shape index (κ3) is 7.35. The first-order valence-electron chi connectivity index (χ1n) is 13.4. The number of hydrogen-bond donors (Lipinski definition) is 1. The molecule has 38 heavy (non-hydrogen) atoms. The van der Waals surface area contributed by atoms with Crippen molar-refractivity contribution in [2.75, 3.05) is 32.7 Å². The van der Waals surface area contributed by atoms with Crippen LogP contribution in [-0.2, 0) is 17.6 Å². The normalized spacial score (nSPS) is 15.1. The molecule has 1 atom stereocenters. The van der Waals surface area contributed by atoms with Crippen molar-refractivity contribution in [3.8, 4) is 17.2 Å². The molecule has 3 aromatic carbocycles. The van der Waals surface area contributed by atoms with Gasteiger partial charge < -0.3 is 24.6 Å². The van der Waals surface area contributed by atoms with E-state index in [0.29, 0.717) is 38.2 Å². The number of ether oxygens (including phenoxy) is 2. The van der Waals surface area contributed by atoms with Crippen LogP contribution < -0.4 is 14.8 Å². The third-order valence-electron chi connectivity index (χ3n) is 6.84. The van der Waals surface area contributed by atoms with Crippen LogP contribution in [0.5, 0.6) is 17.2 Å². The highest BCUT2D eigenvalue weighted by Gasteiger charge is 2.26. The first-order chi connectivity index (χ1) is 18.6. The van der Waals surface area contributed by atoms with E-state index in [1.54, 1.807) is 4.90 Å². The van der Waals surface area contributed by atoms with Gasteiger partial charge >= 0.3 is 6.09 Å². The fourth-order valence-corrected chi connectivity index (χ4v) is 4.70. The average molecular weight is 516 g/mol. The van der Waals surface area contributed by atoms with Gasteiger partial charge in [0.2, 0.25) is 5.91 Å². The predicted octanol–water partition coefficient (Wildman–Crippen LogP) is 5.30. The van der Waals surface area contributed by atoms with E-state index < -0.39 is 0 Å². The Bertz CT molecular complexity index is 1180. The van der Waals surface area contributed by atoms with Crippen LogP contribution in [0.3, 0.4) is 0 Å². The lowest BCUT2D eigenvalue weighted by Crippen LogP contribution is -2.54. The van der Waals surface area contributed by atoms with Gasteiger partial charge in [0.05, 0.1) is 0 Å². The summed E-state index contributed by atoms with van der Waals surface area (Å²) in [5, 5.41) is 3.42. The molecule has 1 aliphatic rings. The number of benzene rings is 3. The van der Waals surface area contributed by atoms with E-state index in [9.17, 15) is 9.59 Å². The van der Waals surface area contributed by atoms with Crippen LogP contribution in [0.15, 0.2) is 78.9 Å². The summed E-state index contributed by atoms with van der Waals surface area (Å²) in [5.41, 5.74) is 2.12. The van der Waals surface area contributed by atoms with Crippen LogP contribution in [0.25, 0.3) is 0 Å². The first kappa shape index (κ1) is 27.2. The summed E-state index contributed by atoms with van der Waals surface area (Å²) in [6, 6.07) is 25.2. The van der Waals surface area contributed by atoms with Crippen LogP contribution in [0.1, 0.15) is 31.4 Å². The molecule has 1 aliphatic heterocycles. The molecule has 0 radical (unpaired) electrons. The molecule has 7 heteroatoms. The molecule has 0 spiro atoms. The lowest BCUT2D eigenvalue weighted by molar-refractivity contribution is -0.134. The Morgan fingerprint density at radius 2 is 1.63 bits per heavy atom. The first-order valence-corrected chi connectivity index (χ1v) is 13.4. The largest absolute Gasteiger partial charge is 0.457 e. The van der Waals surface area contributed by atoms with Crippen LogP contribution in [0.2, 0.25) is 0 Å². The number of nitrogens with one attached hydrogen (secondary N) is 1. The van der Waals surface area contributed by atoms with E-state index in [1.807, 2.05) is 97.6 Å². The van der Waals surface area contributed by atoms with Crippen LogP contribution in [-0.4, -0.2) is 60.6 Å². The lowest BCUT2D eigenvalue weighted by Gasteiger charge is -2.36. The van der Waals surface area contributed by atoms with Crippen molar-refractivity contribution in [2.24, 2.45) is 0 Å². The standard InChI is InChI=1S/C31H37N3O4/c1-3-33(4-2)31(36)38-28-17-14-24(15-18-28)22-26-23-32-20-21-34(26)30(35)19-16-25-10-8-9-13-29(25)37-27-11-6-5-7-12-27/h5-15,17-18,26,32H,3-4,16,19-23H2,1-2H3. The topological polar surface area (TPSA) is 71.1 Å². The Labute approximate surface area is 225 Å². The minimum absolute atomic E-state index is 0.0659. The number of aryl methyl sites for hydroxylation is 1. The SMILES string of the molecule is CCN(CC)C(=O)Oc1ccc(CC2CNCCN2C(=O)CCc2ccccc2Oc2ccccc2)cc1. The number of amides is 2. The summed E-state index contributed by atoms with van der Waals surface area (Å²) in [6.07, 6.45) is 1.43. The van der Waals surface area contributed by atoms with E-state index >= 15 is 0 Å². The number of nitrogens with zero attached hydrogens (tertiary/aromatic N) is 2. The van der Waals surface area contributed by atoms with Crippen LogP contribution in [0.4, 0.5) is 4.79 Å². The maximum atomic E-state index is 13.3. The van der Waals surface area contributed by atoms with E-state index in [4.69, 9.17) is 9.47 Å². The number of rotatable bonds is 10. The molecule has 0 aliphatic carbocycles. The second-order valence-electron chi connectivity index (χ2n) is 9.36. The molecule has 7 nitrogen and oxygen atoms in total. The van der Waals surface area contributed by atoms with Crippen molar-refractivity contribution in [1.82, 2.24) is 15.1 Å². The predicted molar refractivity (Wildman–Crippen MR) is 149 cm³/mol. The molecule has 0 aromatic heterocycles. The minimum Gasteiger partial charge on any atom is -0.457 e. The van der Waals surface area contributed by atoms with Crippen molar-refractivity contribution in [1.29, 1.82) is 0 Å². The number of piperazine rings is 1. The molecule has 2 amide bonds. The molecule has 0 bridgehead atoms. The highest BCUT2D eigenvalue weighted by atomic mass is 16.6. The zero-order valence-electron chi connectivity index (χ0n) is 22.3. The summed E-state index contributed by atoms with van der Waals surface area (Å²) in [5.74, 6) is 2.24. The highest BCUT2D eigenvalue weighted by molar-refractivity contribution is 5.77. The van der Waals surface area contributed by atoms with Gasteiger partial charge in [-0.05, 0) is 68.1 Å². The summed E-state index contributed by atoms with van der Waals surface area (Å²) in [6.45, 7) is 7.29. The van der Waals surface area contributed by atoms with Crippen molar-refractivity contribution in [3.05, 3.63) is 90.0 Å². The molecule has 3 aromatic rings. The monoisotopic (exact) mass is 515 g/mol. The Morgan fingerprint density at radius 3 is 2.37 bits per heavy atom. The highest BCUT2D eigenvalue weighted by Crippen LogP contribution is 2.26. The fraction of sp³-hybridized carbons (Fsp3) is 0.355. The number of para-hydroxylation sites is 2. The van der Waals surface area contributed by atoms with Gasteiger partial charge in [0.15, 0.2) is 0 Å². The fourth-order valence-electron chi connectivity index (χ4n) is 4.70. The smallest absolute Gasteiger partial charge is 0.415 e. The van der Waals surface area contributed by atoms with Gasteiger partial charge in [-0.2, -0.15) is 0 Å². The van der Waals surface area contributed by atoms with Crippen molar-refractivity contribution in [3.63, 3.8) is 0 Å².